The van der Waals surface area contributed by atoms with Gasteiger partial charge in [0.15, 0.2) is 6.39 Å². The minimum Gasteiger partial charge on any atom is -0.452 e. The number of hydrogen-bond acceptors (Lipinski definition) is 7. The molecule has 1 aliphatic heterocycles. The predicted molar refractivity (Wildman–Crippen MR) is 70.4 cm³/mol. The molecule has 3 rings (SSSR count). The van der Waals surface area contributed by atoms with E-state index >= 15 is 0 Å². The molecule has 0 aliphatic carbocycles. The number of rotatable bonds is 2. The number of nitro groups is 1. The minimum absolute atomic E-state index is 0.104. The fourth-order valence-electron chi connectivity index (χ4n) is 1.76. The Hall–Kier alpha value is -2.48. The number of hydrogen-bond donors (Lipinski definition) is 0. The highest BCUT2D eigenvalue weighted by molar-refractivity contribution is 5.61. The quantitative estimate of drug-likeness (QED) is 0.606. The van der Waals surface area contributed by atoms with Crippen LogP contribution in [-0.2, 0) is 4.74 Å². The lowest BCUT2D eigenvalue weighted by molar-refractivity contribution is -0.384. The number of pyridine rings is 1. The summed E-state index contributed by atoms with van der Waals surface area (Å²) in [5.41, 5.74) is 0.678. The van der Waals surface area contributed by atoms with Crippen molar-refractivity contribution in [2.45, 2.75) is 0 Å². The average Bonchev–Trinajstić information content (AvgIpc) is 3.08. The van der Waals surface area contributed by atoms with Crippen molar-refractivity contribution >= 4 is 11.4 Å². The van der Waals surface area contributed by atoms with Gasteiger partial charge in [0, 0.05) is 25.4 Å². The first-order valence-electron chi connectivity index (χ1n) is 6.02. The first kappa shape index (κ1) is 13.9. The molecule has 1 saturated heterocycles. The Morgan fingerprint density at radius 2 is 2.05 bits per heavy atom. The van der Waals surface area contributed by atoms with E-state index in [0.717, 1.165) is 0 Å². The summed E-state index contributed by atoms with van der Waals surface area (Å²) in [6.07, 6.45) is 7.44. The van der Waals surface area contributed by atoms with Crippen molar-refractivity contribution in [3.63, 3.8) is 0 Å². The summed E-state index contributed by atoms with van der Waals surface area (Å²) in [4.78, 5) is 19.8. The Bertz CT molecular complexity index is 509. The highest BCUT2D eigenvalue weighted by Gasteiger charge is 2.20. The molecule has 0 radical (unpaired) electrons. The van der Waals surface area contributed by atoms with Crippen LogP contribution in [0.1, 0.15) is 0 Å². The maximum absolute atomic E-state index is 10.8. The lowest BCUT2D eigenvalue weighted by Crippen LogP contribution is -2.36. The lowest BCUT2D eigenvalue weighted by atomic mass is 10.3. The van der Waals surface area contributed by atoms with Gasteiger partial charge in [-0.1, -0.05) is 0 Å². The van der Waals surface area contributed by atoms with Crippen molar-refractivity contribution in [2.24, 2.45) is 0 Å². The third-order valence-corrected chi connectivity index (χ3v) is 2.67. The van der Waals surface area contributed by atoms with Crippen LogP contribution >= 0.6 is 0 Å². The Kier molecular flexibility index (Phi) is 5.01. The lowest BCUT2D eigenvalue weighted by Gasteiger charge is -2.27. The number of ether oxygens (including phenoxy) is 1. The van der Waals surface area contributed by atoms with E-state index < -0.39 is 0 Å². The molecule has 20 heavy (non-hydrogen) atoms. The molecule has 2 aromatic rings. The summed E-state index contributed by atoms with van der Waals surface area (Å²) in [6, 6.07) is 1.42. The van der Waals surface area contributed by atoms with Gasteiger partial charge >= 0.3 is 0 Å². The molecule has 8 heteroatoms. The van der Waals surface area contributed by atoms with Crippen molar-refractivity contribution in [3.8, 4) is 0 Å². The zero-order chi connectivity index (χ0) is 14.2. The highest BCUT2D eigenvalue weighted by Crippen LogP contribution is 2.26. The third-order valence-electron chi connectivity index (χ3n) is 2.67. The molecule has 0 unspecified atom stereocenters. The van der Waals surface area contributed by atoms with Gasteiger partial charge in [-0.3, -0.25) is 15.1 Å². The zero-order valence-corrected chi connectivity index (χ0v) is 10.7. The number of morpholine rings is 1. The first-order chi connectivity index (χ1) is 9.79. The molecule has 0 saturated carbocycles. The van der Waals surface area contributed by atoms with Crippen LogP contribution in [0.3, 0.4) is 0 Å². The molecule has 0 aromatic carbocycles. The molecule has 3 heterocycles. The second-order valence-electron chi connectivity index (χ2n) is 3.90. The van der Waals surface area contributed by atoms with Crippen molar-refractivity contribution in [1.29, 1.82) is 0 Å². The van der Waals surface area contributed by atoms with Gasteiger partial charge in [-0.15, -0.1) is 0 Å². The van der Waals surface area contributed by atoms with Gasteiger partial charge in [-0.05, 0) is 0 Å². The molecule has 8 nitrogen and oxygen atoms in total. The number of anilines is 1. The van der Waals surface area contributed by atoms with E-state index in [2.05, 4.69) is 14.4 Å². The van der Waals surface area contributed by atoms with Crippen LogP contribution in [0.25, 0.3) is 0 Å². The highest BCUT2D eigenvalue weighted by atomic mass is 16.6. The SMILES string of the molecule is O=[N+]([O-])c1ccncc1N1CCOCC1.c1cocn1. The molecule has 106 valence electrons. The maximum atomic E-state index is 10.8. The summed E-state index contributed by atoms with van der Waals surface area (Å²) >= 11 is 0. The molecule has 0 atom stereocenters. The van der Waals surface area contributed by atoms with Crippen molar-refractivity contribution in [2.75, 3.05) is 31.2 Å². The van der Waals surface area contributed by atoms with E-state index in [-0.39, 0.29) is 10.6 Å². The van der Waals surface area contributed by atoms with Crippen LogP contribution in [0, 0.1) is 10.1 Å². The maximum Gasteiger partial charge on any atom is 0.295 e. The van der Waals surface area contributed by atoms with Crippen LogP contribution in [0.4, 0.5) is 11.4 Å². The minimum atomic E-state index is -0.382. The summed E-state index contributed by atoms with van der Waals surface area (Å²) in [5.74, 6) is 0. The van der Waals surface area contributed by atoms with Gasteiger partial charge in [-0.25, -0.2) is 4.98 Å². The van der Waals surface area contributed by atoms with Crippen molar-refractivity contribution in [3.05, 3.63) is 47.4 Å². The Morgan fingerprint density at radius 1 is 1.25 bits per heavy atom. The number of oxazole rings is 1. The van der Waals surface area contributed by atoms with E-state index in [4.69, 9.17) is 4.74 Å². The van der Waals surface area contributed by atoms with Crippen molar-refractivity contribution in [1.82, 2.24) is 9.97 Å². The second-order valence-corrected chi connectivity index (χ2v) is 3.90. The van der Waals surface area contributed by atoms with E-state index in [1.807, 2.05) is 4.90 Å². The molecule has 0 bridgehead atoms. The van der Waals surface area contributed by atoms with Crippen molar-refractivity contribution < 1.29 is 14.1 Å². The standard InChI is InChI=1S/C9H11N3O3.C3H3NO/c13-12(14)8-1-2-10-7-9(8)11-3-5-15-6-4-11;1-2-5-3-4-1/h1-2,7H,3-6H2;1-3H. The van der Waals surface area contributed by atoms with E-state index in [9.17, 15) is 10.1 Å². The fraction of sp³-hybridized carbons (Fsp3) is 0.333. The van der Waals surface area contributed by atoms with Gasteiger partial charge in [-0.2, -0.15) is 0 Å². The smallest absolute Gasteiger partial charge is 0.295 e. The summed E-state index contributed by atoms with van der Waals surface area (Å²) in [5, 5.41) is 10.8. The Balaban J connectivity index is 0.000000247. The zero-order valence-electron chi connectivity index (χ0n) is 10.7. The Morgan fingerprint density at radius 3 is 2.60 bits per heavy atom. The summed E-state index contributed by atoms with van der Waals surface area (Å²) < 4.78 is 9.66. The van der Waals surface area contributed by atoms with E-state index in [0.29, 0.717) is 32.0 Å². The molecule has 2 aromatic heterocycles. The molecule has 1 fully saturated rings. The summed E-state index contributed by atoms with van der Waals surface area (Å²) in [7, 11) is 0. The molecule has 0 amide bonds. The first-order valence-corrected chi connectivity index (χ1v) is 6.02. The molecule has 0 spiro atoms. The van der Waals surface area contributed by atoms with Crippen LogP contribution < -0.4 is 4.90 Å². The monoisotopic (exact) mass is 278 g/mol. The normalized spacial score (nSPS) is 14.3. The van der Waals surface area contributed by atoms with Gasteiger partial charge in [0.05, 0.1) is 30.5 Å². The molecular formula is C12H14N4O4. The topological polar surface area (TPSA) is 94.5 Å². The average molecular weight is 278 g/mol. The molecular weight excluding hydrogens is 264 g/mol. The summed E-state index contributed by atoms with van der Waals surface area (Å²) in [6.45, 7) is 2.55. The molecule has 0 N–H and O–H groups in total. The van der Waals surface area contributed by atoms with E-state index in [1.54, 1.807) is 6.20 Å². The third kappa shape index (κ3) is 3.75. The number of nitrogens with zero attached hydrogens (tertiary/aromatic N) is 4. The van der Waals surface area contributed by atoms with Gasteiger partial charge in [0.1, 0.15) is 12.0 Å². The van der Waals surface area contributed by atoms with Crippen LogP contribution in [0.15, 0.2) is 41.7 Å². The van der Waals surface area contributed by atoms with Gasteiger partial charge in [0.25, 0.3) is 5.69 Å². The van der Waals surface area contributed by atoms with Crippen LogP contribution in [-0.4, -0.2) is 41.2 Å². The predicted octanol–water partition coefficient (Wildman–Crippen LogP) is 1.50. The number of aromatic nitrogens is 2. The van der Waals surface area contributed by atoms with Crippen LogP contribution in [0.2, 0.25) is 0 Å². The van der Waals surface area contributed by atoms with Gasteiger partial charge < -0.3 is 14.1 Å². The largest absolute Gasteiger partial charge is 0.452 e. The Labute approximate surface area is 115 Å². The fourth-order valence-corrected chi connectivity index (χ4v) is 1.76. The van der Waals surface area contributed by atoms with Gasteiger partial charge in [0.2, 0.25) is 0 Å². The van der Waals surface area contributed by atoms with E-state index in [1.165, 1.54) is 31.1 Å². The second kappa shape index (κ2) is 7.19. The molecule has 1 aliphatic rings. The van der Waals surface area contributed by atoms with Crippen LogP contribution in [0.5, 0.6) is 0 Å².